The van der Waals surface area contributed by atoms with Gasteiger partial charge in [-0.25, -0.2) is 0 Å². The SMILES string of the molecule is CCCC(O)(CC)Cc1ccn(C(C)CC)n1. The Morgan fingerprint density at radius 3 is 2.65 bits per heavy atom. The average molecular weight is 238 g/mol. The molecule has 98 valence electrons. The van der Waals surface area contributed by atoms with Crippen molar-refractivity contribution in [3.05, 3.63) is 18.0 Å². The molecule has 3 heteroatoms. The molecule has 0 radical (unpaired) electrons. The molecule has 0 spiro atoms. The quantitative estimate of drug-likeness (QED) is 0.791. The highest BCUT2D eigenvalue weighted by atomic mass is 16.3. The summed E-state index contributed by atoms with van der Waals surface area (Å²) in [4.78, 5) is 0. The lowest BCUT2D eigenvalue weighted by atomic mass is 9.90. The molecule has 0 bridgehead atoms. The smallest absolute Gasteiger partial charge is 0.0701 e. The molecule has 0 aliphatic carbocycles. The Hall–Kier alpha value is -0.830. The minimum absolute atomic E-state index is 0.435. The Morgan fingerprint density at radius 1 is 1.41 bits per heavy atom. The molecule has 0 saturated carbocycles. The lowest BCUT2D eigenvalue weighted by Crippen LogP contribution is -2.30. The van der Waals surface area contributed by atoms with Gasteiger partial charge in [0, 0.05) is 18.7 Å². The molecular weight excluding hydrogens is 212 g/mol. The Morgan fingerprint density at radius 2 is 2.12 bits per heavy atom. The van der Waals surface area contributed by atoms with Gasteiger partial charge < -0.3 is 5.11 Å². The zero-order chi connectivity index (χ0) is 12.9. The monoisotopic (exact) mass is 238 g/mol. The van der Waals surface area contributed by atoms with Crippen LogP contribution in [0.25, 0.3) is 0 Å². The lowest BCUT2D eigenvalue weighted by Gasteiger charge is -2.25. The summed E-state index contributed by atoms with van der Waals surface area (Å²) in [5.74, 6) is 0. The number of aliphatic hydroxyl groups is 1. The second kappa shape index (κ2) is 6.20. The molecule has 0 fully saturated rings. The normalized spacial score (nSPS) is 16.8. The molecule has 1 N–H and O–H groups in total. The average Bonchev–Trinajstić information content (AvgIpc) is 2.76. The topological polar surface area (TPSA) is 38.0 Å². The van der Waals surface area contributed by atoms with E-state index >= 15 is 0 Å². The van der Waals surface area contributed by atoms with E-state index in [9.17, 15) is 5.11 Å². The Balaban J connectivity index is 2.70. The van der Waals surface area contributed by atoms with Gasteiger partial charge >= 0.3 is 0 Å². The van der Waals surface area contributed by atoms with Crippen molar-refractivity contribution < 1.29 is 5.11 Å². The van der Waals surface area contributed by atoms with Crippen LogP contribution in [0.4, 0.5) is 0 Å². The van der Waals surface area contributed by atoms with Crippen LogP contribution in [0.3, 0.4) is 0 Å². The maximum atomic E-state index is 10.4. The molecule has 0 amide bonds. The Kier molecular flexibility index (Phi) is 5.19. The van der Waals surface area contributed by atoms with Crippen LogP contribution in [0, 0.1) is 0 Å². The molecule has 1 rings (SSSR count). The van der Waals surface area contributed by atoms with Crippen molar-refractivity contribution in [2.75, 3.05) is 0 Å². The zero-order valence-corrected chi connectivity index (χ0v) is 11.6. The van der Waals surface area contributed by atoms with E-state index in [4.69, 9.17) is 0 Å². The first-order valence-corrected chi connectivity index (χ1v) is 6.81. The lowest BCUT2D eigenvalue weighted by molar-refractivity contribution is 0.0260. The van der Waals surface area contributed by atoms with Crippen molar-refractivity contribution in [3.8, 4) is 0 Å². The summed E-state index contributed by atoms with van der Waals surface area (Å²) >= 11 is 0. The van der Waals surface area contributed by atoms with Gasteiger partial charge in [0.25, 0.3) is 0 Å². The maximum absolute atomic E-state index is 10.4. The van der Waals surface area contributed by atoms with E-state index in [1.54, 1.807) is 0 Å². The van der Waals surface area contributed by atoms with E-state index in [-0.39, 0.29) is 0 Å². The van der Waals surface area contributed by atoms with Crippen LogP contribution in [0.15, 0.2) is 12.3 Å². The van der Waals surface area contributed by atoms with Crippen molar-refractivity contribution in [2.24, 2.45) is 0 Å². The van der Waals surface area contributed by atoms with Crippen LogP contribution in [0.1, 0.15) is 65.1 Å². The van der Waals surface area contributed by atoms with Crippen molar-refractivity contribution in [2.45, 2.75) is 71.4 Å². The molecule has 1 heterocycles. The number of hydrogen-bond acceptors (Lipinski definition) is 2. The summed E-state index contributed by atoms with van der Waals surface area (Å²) in [6.07, 6.45) is 6.41. The van der Waals surface area contributed by atoms with Gasteiger partial charge in [0.1, 0.15) is 0 Å². The predicted octanol–water partition coefficient (Wildman–Crippen LogP) is 3.34. The number of aromatic nitrogens is 2. The standard InChI is InChI=1S/C14H26N2O/c1-5-9-14(17,7-3)11-13-8-10-16(15-13)12(4)6-2/h8,10,12,17H,5-7,9,11H2,1-4H3. The zero-order valence-electron chi connectivity index (χ0n) is 11.6. The van der Waals surface area contributed by atoms with Gasteiger partial charge in [0.05, 0.1) is 11.3 Å². The van der Waals surface area contributed by atoms with E-state index in [1.807, 2.05) is 23.9 Å². The van der Waals surface area contributed by atoms with Gasteiger partial charge in [0.2, 0.25) is 0 Å². The molecule has 17 heavy (non-hydrogen) atoms. The number of rotatable bonds is 7. The van der Waals surface area contributed by atoms with Crippen LogP contribution in [0.2, 0.25) is 0 Å². The fourth-order valence-corrected chi connectivity index (χ4v) is 2.10. The molecule has 1 aromatic rings. The Labute approximate surface area is 105 Å². The third kappa shape index (κ3) is 3.84. The van der Waals surface area contributed by atoms with Gasteiger partial charge in [-0.3, -0.25) is 4.68 Å². The minimum atomic E-state index is -0.580. The van der Waals surface area contributed by atoms with Gasteiger partial charge in [-0.05, 0) is 32.3 Å². The first kappa shape index (κ1) is 14.2. The first-order chi connectivity index (χ1) is 8.04. The van der Waals surface area contributed by atoms with Crippen LogP contribution in [-0.4, -0.2) is 20.5 Å². The van der Waals surface area contributed by atoms with Crippen LogP contribution < -0.4 is 0 Å². The highest BCUT2D eigenvalue weighted by Gasteiger charge is 2.25. The summed E-state index contributed by atoms with van der Waals surface area (Å²) in [5.41, 5.74) is 0.423. The fraction of sp³-hybridized carbons (Fsp3) is 0.786. The predicted molar refractivity (Wildman–Crippen MR) is 71.1 cm³/mol. The molecule has 0 saturated heterocycles. The van der Waals surface area contributed by atoms with E-state index in [0.717, 1.165) is 31.4 Å². The molecule has 0 aliphatic heterocycles. The van der Waals surface area contributed by atoms with Crippen LogP contribution in [-0.2, 0) is 6.42 Å². The minimum Gasteiger partial charge on any atom is -0.389 e. The van der Waals surface area contributed by atoms with Crippen molar-refractivity contribution >= 4 is 0 Å². The molecule has 2 unspecified atom stereocenters. The summed E-state index contributed by atoms with van der Waals surface area (Å²) in [7, 11) is 0. The summed E-state index contributed by atoms with van der Waals surface area (Å²) in [6, 6.07) is 2.47. The fourth-order valence-electron chi connectivity index (χ4n) is 2.10. The Bertz CT molecular complexity index is 335. The van der Waals surface area contributed by atoms with E-state index in [0.29, 0.717) is 12.5 Å². The van der Waals surface area contributed by atoms with Crippen LogP contribution in [0.5, 0.6) is 0 Å². The molecule has 2 atom stereocenters. The molecule has 1 aromatic heterocycles. The second-order valence-electron chi connectivity index (χ2n) is 5.05. The summed E-state index contributed by atoms with van der Waals surface area (Å²) < 4.78 is 2.00. The summed E-state index contributed by atoms with van der Waals surface area (Å²) in [5, 5.41) is 15.0. The van der Waals surface area contributed by atoms with Gasteiger partial charge in [-0.1, -0.05) is 27.2 Å². The highest BCUT2D eigenvalue weighted by Crippen LogP contribution is 2.22. The van der Waals surface area contributed by atoms with Gasteiger partial charge in [-0.2, -0.15) is 5.10 Å². The second-order valence-corrected chi connectivity index (χ2v) is 5.05. The third-order valence-corrected chi connectivity index (χ3v) is 3.59. The molecule has 0 aromatic carbocycles. The first-order valence-electron chi connectivity index (χ1n) is 6.81. The molecule has 0 aliphatic rings. The van der Waals surface area contributed by atoms with Gasteiger partial charge in [0.15, 0.2) is 0 Å². The third-order valence-electron chi connectivity index (χ3n) is 3.59. The van der Waals surface area contributed by atoms with E-state index < -0.39 is 5.60 Å². The summed E-state index contributed by atoms with van der Waals surface area (Å²) in [6.45, 7) is 8.47. The van der Waals surface area contributed by atoms with E-state index in [1.165, 1.54) is 0 Å². The molecule has 3 nitrogen and oxygen atoms in total. The van der Waals surface area contributed by atoms with Gasteiger partial charge in [-0.15, -0.1) is 0 Å². The maximum Gasteiger partial charge on any atom is 0.0701 e. The van der Waals surface area contributed by atoms with Crippen molar-refractivity contribution in [1.82, 2.24) is 9.78 Å². The highest BCUT2D eigenvalue weighted by molar-refractivity contribution is 5.04. The van der Waals surface area contributed by atoms with E-state index in [2.05, 4.69) is 25.9 Å². The molecular formula is C14H26N2O. The van der Waals surface area contributed by atoms with Crippen molar-refractivity contribution in [1.29, 1.82) is 0 Å². The van der Waals surface area contributed by atoms with Crippen LogP contribution >= 0.6 is 0 Å². The number of nitrogens with zero attached hydrogens (tertiary/aromatic N) is 2. The number of hydrogen-bond donors (Lipinski definition) is 1. The van der Waals surface area contributed by atoms with Crippen molar-refractivity contribution in [3.63, 3.8) is 0 Å². The largest absolute Gasteiger partial charge is 0.389 e.